The van der Waals surface area contributed by atoms with E-state index in [0.29, 0.717) is 5.75 Å². The molecule has 6 heteroatoms. The number of benzene rings is 1. The van der Waals surface area contributed by atoms with E-state index in [1.807, 2.05) is 19.1 Å². The predicted molar refractivity (Wildman–Crippen MR) is 78.8 cm³/mol. The lowest BCUT2D eigenvalue weighted by atomic mass is 10.2. The Morgan fingerprint density at radius 1 is 1.50 bits per heavy atom. The van der Waals surface area contributed by atoms with Gasteiger partial charge in [-0.2, -0.15) is 5.10 Å². The highest BCUT2D eigenvalue weighted by atomic mass is 79.9. The number of carbonyl (C=O) groups is 1. The van der Waals surface area contributed by atoms with Crippen molar-refractivity contribution < 1.29 is 13.9 Å². The molecule has 0 fully saturated rings. The second-order valence-electron chi connectivity index (χ2n) is 4.05. The molecule has 2 rings (SSSR count). The molecule has 0 bridgehead atoms. The number of furan rings is 1. The van der Waals surface area contributed by atoms with Gasteiger partial charge in [-0.3, -0.25) is 4.79 Å². The van der Waals surface area contributed by atoms with E-state index in [1.54, 1.807) is 12.1 Å². The number of aryl methyl sites for hydroxylation is 1. The monoisotopic (exact) mass is 336 g/mol. The topological polar surface area (TPSA) is 63.8 Å². The number of amides is 1. The van der Waals surface area contributed by atoms with Crippen molar-refractivity contribution in [1.29, 1.82) is 0 Å². The van der Waals surface area contributed by atoms with Crippen molar-refractivity contribution in [2.45, 2.75) is 6.92 Å². The Hall–Kier alpha value is -2.08. The van der Waals surface area contributed by atoms with Gasteiger partial charge in [-0.25, -0.2) is 5.43 Å². The van der Waals surface area contributed by atoms with E-state index in [1.165, 1.54) is 18.7 Å². The van der Waals surface area contributed by atoms with Crippen LogP contribution in [0.15, 0.2) is 50.8 Å². The molecular formula is C14H13BrN2O3. The van der Waals surface area contributed by atoms with Crippen LogP contribution in [0.25, 0.3) is 0 Å². The minimum atomic E-state index is -0.328. The second-order valence-corrected chi connectivity index (χ2v) is 4.90. The van der Waals surface area contributed by atoms with Crippen LogP contribution in [0.1, 0.15) is 11.1 Å². The van der Waals surface area contributed by atoms with Crippen molar-refractivity contribution >= 4 is 28.1 Å². The number of hydrogen-bond donors (Lipinski definition) is 1. The van der Waals surface area contributed by atoms with Gasteiger partial charge in [0.15, 0.2) is 6.61 Å². The molecule has 0 aliphatic heterocycles. The number of ether oxygens (including phenoxy) is 1. The SMILES string of the molecule is Cc1cc(OCC(=O)N/N=C/c2ccoc2)ccc1Br. The summed E-state index contributed by atoms with van der Waals surface area (Å²) < 4.78 is 11.2. The van der Waals surface area contributed by atoms with E-state index in [4.69, 9.17) is 9.15 Å². The average molecular weight is 337 g/mol. The third-order valence-electron chi connectivity index (χ3n) is 2.45. The van der Waals surface area contributed by atoms with E-state index in [2.05, 4.69) is 26.5 Å². The number of hydrogen-bond acceptors (Lipinski definition) is 4. The first kappa shape index (κ1) is 14.3. The molecule has 1 aromatic heterocycles. The van der Waals surface area contributed by atoms with Gasteiger partial charge in [-0.1, -0.05) is 15.9 Å². The van der Waals surface area contributed by atoms with Gasteiger partial charge in [-0.15, -0.1) is 0 Å². The lowest BCUT2D eigenvalue weighted by molar-refractivity contribution is -0.123. The zero-order chi connectivity index (χ0) is 14.4. The zero-order valence-corrected chi connectivity index (χ0v) is 12.4. The molecule has 0 saturated carbocycles. The van der Waals surface area contributed by atoms with Crippen molar-refractivity contribution in [3.63, 3.8) is 0 Å². The van der Waals surface area contributed by atoms with Crippen LogP contribution in [0, 0.1) is 6.92 Å². The molecule has 0 aliphatic rings. The first-order valence-electron chi connectivity index (χ1n) is 5.88. The third kappa shape index (κ3) is 4.24. The molecule has 1 amide bonds. The molecule has 5 nitrogen and oxygen atoms in total. The number of halogens is 1. The average Bonchev–Trinajstić information content (AvgIpc) is 2.93. The molecule has 0 aliphatic carbocycles. The Bertz CT molecular complexity index is 609. The highest BCUT2D eigenvalue weighted by Gasteiger charge is 2.03. The van der Waals surface area contributed by atoms with Gasteiger partial charge in [0.05, 0.1) is 18.7 Å². The minimum Gasteiger partial charge on any atom is -0.484 e. The van der Waals surface area contributed by atoms with Crippen LogP contribution >= 0.6 is 15.9 Å². The van der Waals surface area contributed by atoms with Crippen LogP contribution in [0.2, 0.25) is 0 Å². The van der Waals surface area contributed by atoms with Crippen LogP contribution in [0.5, 0.6) is 5.75 Å². The quantitative estimate of drug-likeness (QED) is 0.674. The largest absolute Gasteiger partial charge is 0.484 e. The Labute approximate surface area is 124 Å². The predicted octanol–water partition coefficient (Wildman–Crippen LogP) is 2.88. The fourth-order valence-electron chi connectivity index (χ4n) is 1.42. The maximum absolute atomic E-state index is 11.5. The van der Waals surface area contributed by atoms with Gasteiger partial charge in [0.1, 0.15) is 5.75 Å². The lowest BCUT2D eigenvalue weighted by Gasteiger charge is -2.06. The van der Waals surface area contributed by atoms with Gasteiger partial charge in [0.25, 0.3) is 5.91 Å². The van der Waals surface area contributed by atoms with Crippen LogP contribution in [0.4, 0.5) is 0 Å². The van der Waals surface area contributed by atoms with Crippen molar-refractivity contribution in [3.8, 4) is 5.75 Å². The molecule has 0 spiro atoms. The van der Waals surface area contributed by atoms with Crippen LogP contribution in [-0.2, 0) is 4.79 Å². The summed E-state index contributed by atoms with van der Waals surface area (Å²) in [6, 6.07) is 7.25. The van der Waals surface area contributed by atoms with Gasteiger partial charge in [-0.05, 0) is 36.8 Å². The molecule has 0 unspecified atom stereocenters. The maximum atomic E-state index is 11.5. The van der Waals surface area contributed by atoms with Crippen LogP contribution in [0.3, 0.4) is 0 Å². The van der Waals surface area contributed by atoms with Crippen molar-refractivity contribution in [1.82, 2.24) is 5.43 Å². The van der Waals surface area contributed by atoms with E-state index in [-0.39, 0.29) is 12.5 Å². The Morgan fingerprint density at radius 2 is 2.35 bits per heavy atom. The Morgan fingerprint density at radius 3 is 3.05 bits per heavy atom. The summed E-state index contributed by atoms with van der Waals surface area (Å²) in [5.41, 5.74) is 4.19. The third-order valence-corrected chi connectivity index (χ3v) is 3.34. The second kappa shape index (κ2) is 6.91. The minimum absolute atomic E-state index is 0.0935. The number of nitrogens with zero attached hydrogens (tertiary/aromatic N) is 1. The standard InChI is InChI=1S/C14H13BrN2O3/c1-10-6-12(2-3-13(10)15)20-9-14(18)17-16-7-11-4-5-19-8-11/h2-8H,9H2,1H3,(H,17,18)/b16-7+. The number of rotatable bonds is 5. The highest BCUT2D eigenvalue weighted by molar-refractivity contribution is 9.10. The molecule has 1 heterocycles. The van der Waals surface area contributed by atoms with E-state index >= 15 is 0 Å². The van der Waals surface area contributed by atoms with Crippen LogP contribution < -0.4 is 10.2 Å². The molecule has 1 N–H and O–H groups in total. The highest BCUT2D eigenvalue weighted by Crippen LogP contribution is 2.21. The van der Waals surface area contributed by atoms with Gasteiger partial charge in [0, 0.05) is 10.0 Å². The lowest BCUT2D eigenvalue weighted by Crippen LogP contribution is -2.24. The summed E-state index contributed by atoms with van der Waals surface area (Å²) in [5.74, 6) is 0.310. The normalized spacial score (nSPS) is 10.7. The Kier molecular flexibility index (Phi) is 4.95. The smallest absolute Gasteiger partial charge is 0.277 e. The first-order chi connectivity index (χ1) is 9.65. The number of nitrogens with one attached hydrogen (secondary N) is 1. The first-order valence-corrected chi connectivity index (χ1v) is 6.67. The molecule has 104 valence electrons. The molecular weight excluding hydrogens is 324 g/mol. The van der Waals surface area contributed by atoms with Crippen molar-refractivity contribution in [2.24, 2.45) is 5.10 Å². The van der Waals surface area contributed by atoms with Crippen molar-refractivity contribution in [2.75, 3.05) is 6.61 Å². The molecule has 2 aromatic rings. The summed E-state index contributed by atoms with van der Waals surface area (Å²) in [6.45, 7) is 1.86. The van der Waals surface area contributed by atoms with E-state index < -0.39 is 0 Å². The summed E-state index contributed by atoms with van der Waals surface area (Å²) in [5, 5.41) is 3.79. The van der Waals surface area contributed by atoms with Crippen LogP contribution in [-0.4, -0.2) is 18.7 Å². The van der Waals surface area contributed by atoms with Gasteiger partial charge >= 0.3 is 0 Å². The van der Waals surface area contributed by atoms with Crippen molar-refractivity contribution in [3.05, 3.63) is 52.4 Å². The molecule has 0 atom stereocenters. The summed E-state index contributed by atoms with van der Waals surface area (Å²) in [4.78, 5) is 11.5. The fraction of sp³-hybridized carbons (Fsp3) is 0.143. The van der Waals surface area contributed by atoms with Gasteiger partial charge in [0.2, 0.25) is 0 Å². The summed E-state index contributed by atoms with van der Waals surface area (Å²) in [6.07, 6.45) is 4.55. The number of carbonyl (C=O) groups excluding carboxylic acids is 1. The molecule has 20 heavy (non-hydrogen) atoms. The van der Waals surface area contributed by atoms with E-state index in [0.717, 1.165) is 15.6 Å². The summed E-state index contributed by atoms with van der Waals surface area (Å²) >= 11 is 3.40. The summed E-state index contributed by atoms with van der Waals surface area (Å²) in [7, 11) is 0. The molecule has 0 radical (unpaired) electrons. The van der Waals surface area contributed by atoms with E-state index in [9.17, 15) is 4.79 Å². The molecule has 1 aromatic carbocycles. The maximum Gasteiger partial charge on any atom is 0.277 e. The van der Waals surface area contributed by atoms with Gasteiger partial charge < -0.3 is 9.15 Å². The zero-order valence-electron chi connectivity index (χ0n) is 10.8. The molecule has 0 saturated heterocycles. The Balaban J connectivity index is 1.78. The number of hydrazone groups is 1. The fourth-order valence-corrected chi connectivity index (χ4v) is 1.66.